The first-order chi connectivity index (χ1) is 8.61. The zero-order valence-electron chi connectivity index (χ0n) is 11.2. The Morgan fingerprint density at radius 2 is 2.00 bits per heavy atom. The van der Waals surface area contributed by atoms with Crippen LogP contribution in [0.2, 0.25) is 0 Å². The van der Waals surface area contributed by atoms with Crippen molar-refractivity contribution < 1.29 is 19.4 Å². The molecule has 6 nitrogen and oxygen atoms in total. The third kappa shape index (κ3) is 8.81. The fourth-order valence-electron chi connectivity index (χ4n) is 1.51. The van der Waals surface area contributed by atoms with Crippen LogP contribution in [0.15, 0.2) is 0 Å². The van der Waals surface area contributed by atoms with Crippen molar-refractivity contribution in [2.24, 2.45) is 5.92 Å². The third-order valence-corrected chi connectivity index (χ3v) is 2.56. The summed E-state index contributed by atoms with van der Waals surface area (Å²) in [6, 6.07) is -0.310. The number of ether oxygens (including phenoxy) is 1. The first kappa shape index (κ1) is 16.7. The SMILES string of the molecule is CCCC(CNC(=O)NCCCCOC)C(=O)O. The predicted molar refractivity (Wildman–Crippen MR) is 68.5 cm³/mol. The number of hydrogen-bond donors (Lipinski definition) is 3. The maximum atomic E-state index is 11.4. The van der Waals surface area contributed by atoms with E-state index in [2.05, 4.69) is 10.6 Å². The molecule has 0 aliphatic carbocycles. The van der Waals surface area contributed by atoms with Crippen molar-refractivity contribution >= 4 is 12.0 Å². The van der Waals surface area contributed by atoms with E-state index >= 15 is 0 Å². The normalized spacial score (nSPS) is 11.9. The van der Waals surface area contributed by atoms with Gasteiger partial charge in [0, 0.05) is 26.8 Å². The molecule has 0 aliphatic rings. The second kappa shape index (κ2) is 10.8. The highest BCUT2D eigenvalue weighted by Crippen LogP contribution is 2.04. The van der Waals surface area contributed by atoms with Crippen LogP contribution in [-0.4, -0.2) is 43.9 Å². The number of carbonyl (C=O) groups is 2. The number of aliphatic carboxylic acids is 1. The molecule has 0 spiro atoms. The Morgan fingerprint density at radius 3 is 2.56 bits per heavy atom. The summed E-state index contributed by atoms with van der Waals surface area (Å²) in [5.41, 5.74) is 0. The lowest BCUT2D eigenvalue weighted by Gasteiger charge is -2.12. The van der Waals surface area contributed by atoms with E-state index in [1.807, 2.05) is 6.92 Å². The molecular formula is C12H24N2O4. The molecule has 0 saturated carbocycles. The van der Waals surface area contributed by atoms with Crippen LogP contribution < -0.4 is 10.6 Å². The van der Waals surface area contributed by atoms with E-state index in [0.29, 0.717) is 19.6 Å². The Hall–Kier alpha value is -1.30. The number of urea groups is 1. The van der Waals surface area contributed by atoms with Gasteiger partial charge in [-0.3, -0.25) is 4.79 Å². The number of unbranched alkanes of at least 4 members (excludes halogenated alkanes) is 1. The van der Waals surface area contributed by atoms with E-state index in [-0.39, 0.29) is 12.6 Å². The first-order valence-electron chi connectivity index (χ1n) is 6.35. The van der Waals surface area contributed by atoms with Crippen LogP contribution >= 0.6 is 0 Å². The lowest BCUT2D eigenvalue weighted by molar-refractivity contribution is -0.141. The Bertz CT molecular complexity index is 246. The molecule has 0 saturated heterocycles. The molecule has 0 aromatic heterocycles. The van der Waals surface area contributed by atoms with Gasteiger partial charge in [-0.15, -0.1) is 0 Å². The maximum Gasteiger partial charge on any atom is 0.314 e. The van der Waals surface area contributed by atoms with Crippen molar-refractivity contribution in [1.29, 1.82) is 0 Å². The summed E-state index contributed by atoms with van der Waals surface area (Å²) in [5.74, 6) is -1.37. The summed E-state index contributed by atoms with van der Waals surface area (Å²) in [6.07, 6.45) is 3.10. The van der Waals surface area contributed by atoms with E-state index < -0.39 is 11.9 Å². The summed E-state index contributed by atoms with van der Waals surface area (Å²) in [6.45, 7) is 3.35. The van der Waals surface area contributed by atoms with E-state index in [9.17, 15) is 9.59 Å². The molecule has 18 heavy (non-hydrogen) atoms. The molecule has 1 atom stereocenters. The molecule has 0 heterocycles. The van der Waals surface area contributed by atoms with Gasteiger partial charge in [-0.2, -0.15) is 0 Å². The Kier molecular flexibility index (Phi) is 10.0. The Balaban J connectivity index is 3.64. The summed E-state index contributed by atoms with van der Waals surface area (Å²) < 4.78 is 4.89. The molecule has 1 unspecified atom stereocenters. The molecule has 3 N–H and O–H groups in total. The number of hydrogen-bond acceptors (Lipinski definition) is 3. The average molecular weight is 260 g/mol. The molecule has 6 heteroatoms. The van der Waals surface area contributed by atoms with Crippen LogP contribution in [0.1, 0.15) is 32.6 Å². The molecule has 0 aromatic rings. The van der Waals surface area contributed by atoms with Gasteiger partial charge in [-0.05, 0) is 19.3 Å². The van der Waals surface area contributed by atoms with Crippen molar-refractivity contribution in [1.82, 2.24) is 10.6 Å². The second-order valence-electron chi connectivity index (χ2n) is 4.16. The number of amides is 2. The van der Waals surface area contributed by atoms with Gasteiger partial charge in [0.15, 0.2) is 0 Å². The van der Waals surface area contributed by atoms with Gasteiger partial charge in [-0.1, -0.05) is 13.3 Å². The topological polar surface area (TPSA) is 87.7 Å². The van der Waals surface area contributed by atoms with E-state index in [1.54, 1.807) is 7.11 Å². The summed E-state index contributed by atoms with van der Waals surface area (Å²) in [4.78, 5) is 22.2. The van der Waals surface area contributed by atoms with Crippen LogP contribution in [0.5, 0.6) is 0 Å². The molecule has 0 aliphatic heterocycles. The second-order valence-corrected chi connectivity index (χ2v) is 4.16. The largest absolute Gasteiger partial charge is 0.481 e. The van der Waals surface area contributed by atoms with Crippen LogP contribution in [-0.2, 0) is 9.53 Å². The summed E-state index contributed by atoms with van der Waals surface area (Å²) in [5, 5.41) is 14.2. The number of methoxy groups -OCH3 is 1. The van der Waals surface area contributed by atoms with Crippen LogP contribution in [0.3, 0.4) is 0 Å². The van der Waals surface area contributed by atoms with Crippen LogP contribution in [0.4, 0.5) is 4.79 Å². The smallest absolute Gasteiger partial charge is 0.314 e. The molecule has 0 radical (unpaired) electrons. The van der Waals surface area contributed by atoms with Gasteiger partial charge in [0.1, 0.15) is 0 Å². The Morgan fingerprint density at radius 1 is 1.28 bits per heavy atom. The number of carbonyl (C=O) groups excluding carboxylic acids is 1. The van der Waals surface area contributed by atoms with E-state index in [1.165, 1.54) is 0 Å². The van der Waals surface area contributed by atoms with Crippen LogP contribution in [0, 0.1) is 5.92 Å². The van der Waals surface area contributed by atoms with Crippen molar-refractivity contribution in [3.63, 3.8) is 0 Å². The number of rotatable bonds is 10. The minimum Gasteiger partial charge on any atom is -0.481 e. The zero-order chi connectivity index (χ0) is 13.8. The highest BCUT2D eigenvalue weighted by atomic mass is 16.5. The zero-order valence-corrected chi connectivity index (χ0v) is 11.2. The van der Waals surface area contributed by atoms with E-state index in [4.69, 9.17) is 9.84 Å². The molecule has 0 bridgehead atoms. The van der Waals surface area contributed by atoms with Crippen molar-refractivity contribution in [3.05, 3.63) is 0 Å². The maximum absolute atomic E-state index is 11.4. The molecule has 2 amide bonds. The number of carboxylic acid groups (broad SMARTS) is 1. The molecule has 106 valence electrons. The molecular weight excluding hydrogens is 236 g/mol. The van der Waals surface area contributed by atoms with E-state index in [0.717, 1.165) is 19.3 Å². The van der Waals surface area contributed by atoms with Crippen molar-refractivity contribution in [2.45, 2.75) is 32.6 Å². The minimum absolute atomic E-state index is 0.174. The quantitative estimate of drug-likeness (QED) is 0.515. The van der Waals surface area contributed by atoms with Gasteiger partial charge in [-0.25, -0.2) is 4.79 Å². The number of carboxylic acids is 1. The van der Waals surface area contributed by atoms with Crippen LogP contribution in [0.25, 0.3) is 0 Å². The number of nitrogens with one attached hydrogen (secondary N) is 2. The van der Waals surface area contributed by atoms with Gasteiger partial charge in [0.05, 0.1) is 5.92 Å². The van der Waals surface area contributed by atoms with Crippen molar-refractivity contribution in [3.8, 4) is 0 Å². The average Bonchev–Trinajstić information content (AvgIpc) is 2.33. The van der Waals surface area contributed by atoms with Crippen molar-refractivity contribution in [2.75, 3.05) is 26.8 Å². The van der Waals surface area contributed by atoms with Gasteiger partial charge in [0.25, 0.3) is 0 Å². The van der Waals surface area contributed by atoms with Gasteiger partial charge < -0.3 is 20.5 Å². The highest BCUT2D eigenvalue weighted by Gasteiger charge is 2.16. The standard InChI is InChI=1S/C12H24N2O4/c1-3-6-10(11(15)16)9-14-12(17)13-7-4-5-8-18-2/h10H,3-9H2,1-2H3,(H,15,16)(H2,13,14,17). The summed E-state index contributed by atoms with van der Waals surface area (Å²) >= 11 is 0. The molecule has 0 rings (SSSR count). The monoisotopic (exact) mass is 260 g/mol. The van der Waals surface area contributed by atoms with Gasteiger partial charge in [0.2, 0.25) is 0 Å². The predicted octanol–water partition coefficient (Wildman–Crippen LogP) is 1.21. The van der Waals surface area contributed by atoms with Gasteiger partial charge >= 0.3 is 12.0 Å². The minimum atomic E-state index is -0.864. The highest BCUT2D eigenvalue weighted by molar-refractivity contribution is 5.75. The lowest BCUT2D eigenvalue weighted by Crippen LogP contribution is -2.40. The Labute approximate surface area is 108 Å². The fourth-order valence-corrected chi connectivity index (χ4v) is 1.51. The fraction of sp³-hybridized carbons (Fsp3) is 0.833. The first-order valence-corrected chi connectivity index (χ1v) is 6.35. The molecule has 0 aromatic carbocycles. The lowest BCUT2D eigenvalue weighted by atomic mass is 10.0. The summed E-state index contributed by atoms with van der Waals surface area (Å²) in [7, 11) is 1.64. The third-order valence-electron chi connectivity index (χ3n) is 2.56. The molecule has 0 fully saturated rings.